The summed E-state index contributed by atoms with van der Waals surface area (Å²) in [7, 11) is 0. The second kappa shape index (κ2) is 8.11. The van der Waals surface area contributed by atoms with Crippen LogP contribution in [0.2, 0.25) is 5.02 Å². The summed E-state index contributed by atoms with van der Waals surface area (Å²) >= 11 is 7.39. The second-order valence-electron chi connectivity index (χ2n) is 6.99. The first-order valence-electron chi connectivity index (χ1n) is 9.58. The highest BCUT2D eigenvalue weighted by Crippen LogP contribution is 2.33. The number of hydrogen-bond donors (Lipinski definition) is 1. The Bertz CT molecular complexity index is 1250. The van der Waals surface area contributed by atoms with Gasteiger partial charge in [-0.1, -0.05) is 29.8 Å². The van der Waals surface area contributed by atoms with E-state index in [0.717, 1.165) is 41.7 Å². The molecule has 0 aliphatic carbocycles. The van der Waals surface area contributed by atoms with Crippen LogP contribution in [0.15, 0.2) is 52.8 Å². The van der Waals surface area contributed by atoms with Crippen molar-refractivity contribution in [2.75, 3.05) is 6.61 Å². The predicted octanol–water partition coefficient (Wildman–Crippen LogP) is 4.68. The molecule has 9 heteroatoms. The van der Waals surface area contributed by atoms with Crippen LogP contribution in [0.5, 0.6) is 0 Å². The quantitative estimate of drug-likeness (QED) is 0.488. The minimum Gasteiger partial charge on any atom is -0.376 e. The first-order valence-corrected chi connectivity index (χ1v) is 10.8. The first kappa shape index (κ1) is 19.1. The maximum atomic E-state index is 9.22. The lowest BCUT2D eigenvalue weighted by Crippen LogP contribution is -2.16. The molecule has 1 aliphatic heterocycles. The summed E-state index contributed by atoms with van der Waals surface area (Å²) in [5.74, 6) is 0.778. The third-order valence-electron chi connectivity index (χ3n) is 5.08. The van der Waals surface area contributed by atoms with E-state index in [1.807, 2.05) is 30.5 Å². The van der Waals surface area contributed by atoms with E-state index in [0.29, 0.717) is 21.7 Å². The highest BCUT2D eigenvalue weighted by Gasteiger charge is 2.23. The smallest absolute Gasteiger partial charge is 0.197 e. The van der Waals surface area contributed by atoms with Gasteiger partial charge in [0, 0.05) is 29.3 Å². The molecule has 1 fully saturated rings. The topological polar surface area (TPSA) is 92.4 Å². The number of rotatable bonds is 5. The van der Waals surface area contributed by atoms with Gasteiger partial charge in [-0.15, -0.1) is 10.2 Å². The van der Waals surface area contributed by atoms with Gasteiger partial charge in [0.05, 0.1) is 17.7 Å². The van der Waals surface area contributed by atoms with Gasteiger partial charge in [-0.2, -0.15) is 5.26 Å². The molecular weight excluding hydrogens is 420 g/mol. The highest BCUT2D eigenvalue weighted by molar-refractivity contribution is 7.99. The number of fused-ring (bicyclic) bond motifs is 1. The van der Waals surface area contributed by atoms with Gasteiger partial charge in [0.1, 0.15) is 11.1 Å². The monoisotopic (exact) mass is 436 g/mol. The van der Waals surface area contributed by atoms with Crippen molar-refractivity contribution in [3.63, 3.8) is 0 Å². The van der Waals surface area contributed by atoms with Crippen molar-refractivity contribution in [2.45, 2.75) is 35.7 Å². The molecular formula is C21H17ClN6OS. The number of ether oxygens (including phenoxy) is 1. The van der Waals surface area contributed by atoms with Crippen molar-refractivity contribution in [3.8, 4) is 17.5 Å². The Morgan fingerprint density at radius 2 is 2.17 bits per heavy atom. The van der Waals surface area contributed by atoms with E-state index in [9.17, 15) is 5.26 Å². The van der Waals surface area contributed by atoms with Gasteiger partial charge < -0.3 is 9.72 Å². The van der Waals surface area contributed by atoms with Gasteiger partial charge in [0.15, 0.2) is 16.7 Å². The lowest BCUT2D eigenvalue weighted by molar-refractivity contribution is 0.0953. The number of benzene rings is 1. The normalized spacial score (nSPS) is 16.2. The van der Waals surface area contributed by atoms with E-state index in [1.165, 1.54) is 11.8 Å². The number of nitrogens with one attached hydrogen (secondary N) is 1. The molecule has 1 aromatic carbocycles. The molecule has 30 heavy (non-hydrogen) atoms. The van der Waals surface area contributed by atoms with Crippen LogP contribution >= 0.6 is 23.4 Å². The van der Waals surface area contributed by atoms with E-state index < -0.39 is 0 Å². The minimum absolute atomic E-state index is 0.122. The van der Waals surface area contributed by atoms with Crippen molar-refractivity contribution in [2.24, 2.45) is 0 Å². The van der Waals surface area contributed by atoms with Gasteiger partial charge >= 0.3 is 0 Å². The summed E-state index contributed by atoms with van der Waals surface area (Å²) in [6.07, 6.45) is 4.15. The number of aromatic amines is 1. The molecule has 4 aromatic rings. The fourth-order valence-electron chi connectivity index (χ4n) is 3.63. The highest BCUT2D eigenvalue weighted by atomic mass is 35.5. The summed E-state index contributed by atoms with van der Waals surface area (Å²) < 4.78 is 7.96. The molecule has 4 heterocycles. The number of aromatic nitrogens is 5. The molecule has 1 aliphatic rings. The lowest BCUT2D eigenvalue weighted by atomic mass is 10.1. The molecule has 3 aromatic heterocycles. The maximum Gasteiger partial charge on any atom is 0.197 e. The van der Waals surface area contributed by atoms with Crippen LogP contribution in [-0.2, 0) is 11.3 Å². The SMILES string of the molecule is N#Cc1nc(Sc2nnc(-c3c[nH]c4ccccc34)n2CC2CCCO2)ccc1Cl. The molecule has 5 rings (SSSR count). The molecule has 0 radical (unpaired) electrons. The number of pyridine rings is 1. The molecule has 0 amide bonds. The zero-order valence-electron chi connectivity index (χ0n) is 15.9. The average molecular weight is 437 g/mol. The fourth-order valence-corrected chi connectivity index (χ4v) is 4.59. The van der Waals surface area contributed by atoms with E-state index in [-0.39, 0.29) is 11.8 Å². The molecule has 0 saturated carbocycles. The second-order valence-corrected chi connectivity index (χ2v) is 8.39. The zero-order chi connectivity index (χ0) is 20.5. The Hall–Kier alpha value is -2.86. The Morgan fingerprint density at radius 1 is 1.27 bits per heavy atom. The van der Waals surface area contributed by atoms with Gasteiger partial charge in [-0.25, -0.2) is 4.98 Å². The molecule has 1 atom stereocenters. The van der Waals surface area contributed by atoms with E-state index in [4.69, 9.17) is 16.3 Å². The Labute approximate surface area is 182 Å². The number of para-hydroxylation sites is 1. The molecule has 0 spiro atoms. The lowest BCUT2D eigenvalue weighted by Gasteiger charge is -2.14. The van der Waals surface area contributed by atoms with Gasteiger partial charge in [-0.05, 0) is 42.8 Å². The Morgan fingerprint density at radius 3 is 3.00 bits per heavy atom. The molecule has 0 bridgehead atoms. The van der Waals surface area contributed by atoms with Gasteiger partial charge in [0.2, 0.25) is 0 Å². The number of nitrogens with zero attached hydrogens (tertiary/aromatic N) is 5. The van der Waals surface area contributed by atoms with Crippen LogP contribution in [0.25, 0.3) is 22.3 Å². The van der Waals surface area contributed by atoms with Crippen molar-refractivity contribution in [1.29, 1.82) is 5.26 Å². The molecule has 1 unspecified atom stereocenters. The predicted molar refractivity (Wildman–Crippen MR) is 114 cm³/mol. The summed E-state index contributed by atoms with van der Waals surface area (Å²) in [6.45, 7) is 1.44. The van der Waals surface area contributed by atoms with Crippen LogP contribution in [0.1, 0.15) is 18.5 Å². The number of nitriles is 1. The third-order valence-corrected chi connectivity index (χ3v) is 6.31. The molecule has 1 saturated heterocycles. The number of hydrogen-bond acceptors (Lipinski definition) is 6. The van der Waals surface area contributed by atoms with Crippen molar-refractivity contribution < 1.29 is 4.74 Å². The van der Waals surface area contributed by atoms with E-state index >= 15 is 0 Å². The molecule has 7 nitrogen and oxygen atoms in total. The number of halogens is 1. The summed E-state index contributed by atoms with van der Waals surface area (Å²) in [5, 5.41) is 20.9. The minimum atomic E-state index is 0.122. The van der Waals surface area contributed by atoms with Crippen LogP contribution in [0.4, 0.5) is 0 Å². The average Bonchev–Trinajstić information content (AvgIpc) is 3.51. The van der Waals surface area contributed by atoms with Crippen molar-refractivity contribution in [1.82, 2.24) is 24.7 Å². The van der Waals surface area contributed by atoms with E-state index in [2.05, 4.69) is 30.8 Å². The van der Waals surface area contributed by atoms with Crippen LogP contribution in [0.3, 0.4) is 0 Å². The Kier molecular flexibility index (Phi) is 5.17. The van der Waals surface area contributed by atoms with Crippen LogP contribution in [-0.4, -0.2) is 37.4 Å². The molecule has 150 valence electrons. The van der Waals surface area contributed by atoms with Crippen LogP contribution < -0.4 is 0 Å². The third kappa shape index (κ3) is 3.56. The zero-order valence-corrected chi connectivity index (χ0v) is 17.5. The Balaban J connectivity index is 1.56. The van der Waals surface area contributed by atoms with E-state index in [1.54, 1.807) is 12.1 Å². The fraction of sp³-hybridized carbons (Fsp3) is 0.238. The standard InChI is InChI=1S/C21H17ClN6OS/c22-16-7-8-19(25-18(16)10-23)30-21-27-26-20(28(21)12-13-4-3-9-29-13)15-11-24-17-6-2-1-5-14(15)17/h1-2,5-8,11,13,24H,3-4,9,12H2. The summed E-state index contributed by atoms with van der Waals surface area (Å²) in [6, 6.07) is 13.6. The molecule has 1 N–H and O–H groups in total. The van der Waals surface area contributed by atoms with Crippen molar-refractivity contribution >= 4 is 34.3 Å². The largest absolute Gasteiger partial charge is 0.376 e. The van der Waals surface area contributed by atoms with Gasteiger partial charge in [0.25, 0.3) is 0 Å². The summed E-state index contributed by atoms with van der Waals surface area (Å²) in [5.41, 5.74) is 2.24. The number of H-pyrrole nitrogens is 1. The van der Waals surface area contributed by atoms with Gasteiger partial charge in [-0.3, -0.25) is 4.57 Å². The first-order chi connectivity index (χ1) is 14.7. The summed E-state index contributed by atoms with van der Waals surface area (Å²) in [4.78, 5) is 7.64. The van der Waals surface area contributed by atoms with Crippen molar-refractivity contribution in [3.05, 3.63) is 53.3 Å². The van der Waals surface area contributed by atoms with Crippen LogP contribution in [0, 0.1) is 11.3 Å². The maximum absolute atomic E-state index is 9.22.